The molecule has 1 aliphatic carbocycles. The van der Waals surface area contributed by atoms with Crippen LogP contribution in [-0.2, 0) is 23.9 Å². The van der Waals surface area contributed by atoms with Gasteiger partial charge < -0.3 is 25.0 Å². The van der Waals surface area contributed by atoms with Gasteiger partial charge in [0.05, 0.1) is 13.7 Å². The van der Waals surface area contributed by atoms with Crippen LogP contribution < -0.4 is 15.4 Å². The number of carbonyl (C=O) groups excluding carboxylic acids is 5. The van der Waals surface area contributed by atoms with Gasteiger partial charge in [0, 0.05) is 18.8 Å². The summed E-state index contributed by atoms with van der Waals surface area (Å²) in [6, 6.07) is 6.14. The molecule has 0 aromatic heterocycles. The Kier molecular flexibility index (Phi) is 8.31. The number of carbonyl (C=O) groups is 5. The summed E-state index contributed by atoms with van der Waals surface area (Å²) >= 11 is 0. The summed E-state index contributed by atoms with van der Waals surface area (Å²) in [6.07, 6.45) is 3.80. The van der Waals surface area contributed by atoms with Gasteiger partial charge in [0.15, 0.2) is 6.61 Å². The third-order valence-corrected chi connectivity index (χ3v) is 6.59. The minimum Gasteiger partial charge on any atom is -0.497 e. The van der Waals surface area contributed by atoms with Crippen molar-refractivity contribution in [2.24, 2.45) is 5.92 Å². The first-order valence-electron chi connectivity index (χ1n) is 11.6. The van der Waals surface area contributed by atoms with E-state index in [1.807, 2.05) is 0 Å². The molecule has 1 aliphatic heterocycles. The van der Waals surface area contributed by atoms with Gasteiger partial charge >= 0.3 is 12.0 Å². The maximum atomic E-state index is 12.9. The molecule has 11 nitrogen and oxygen atoms in total. The minimum absolute atomic E-state index is 0.262. The van der Waals surface area contributed by atoms with E-state index in [2.05, 4.69) is 17.6 Å². The van der Waals surface area contributed by atoms with Crippen LogP contribution in [-0.4, -0.2) is 78.9 Å². The molecule has 1 spiro atoms. The van der Waals surface area contributed by atoms with Crippen LogP contribution >= 0.6 is 0 Å². The number of hydrogen-bond donors (Lipinski definition) is 2. The van der Waals surface area contributed by atoms with Gasteiger partial charge in [-0.15, -0.1) is 0 Å². The van der Waals surface area contributed by atoms with E-state index in [0.717, 1.165) is 29.1 Å². The average Bonchev–Trinajstić information content (AvgIpc) is 3.06. The fourth-order valence-corrected chi connectivity index (χ4v) is 4.37. The fourth-order valence-electron chi connectivity index (χ4n) is 4.37. The van der Waals surface area contributed by atoms with Gasteiger partial charge in [-0.2, -0.15) is 0 Å². The second-order valence-electron chi connectivity index (χ2n) is 8.95. The highest BCUT2D eigenvalue weighted by Crippen LogP contribution is 2.37. The standard InChI is InChI=1S/C24H32N4O7/c1-4-16-8-10-24(11-9-16)22(32)28(23(33)26-24)14-21(31)35-15-20(30)27(2)13-19(29)25-17-6-5-7-18(12-17)34-3/h5-7,12,16H,4,8-11,13-15H2,1-3H3,(H,25,29)(H,26,33). The number of anilines is 1. The lowest BCUT2D eigenvalue weighted by Crippen LogP contribution is -2.49. The van der Waals surface area contributed by atoms with Crippen molar-refractivity contribution in [3.8, 4) is 5.75 Å². The van der Waals surface area contributed by atoms with Crippen molar-refractivity contribution in [2.75, 3.05) is 39.2 Å². The zero-order chi connectivity index (χ0) is 25.6. The van der Waals surface area contributed by atoms with E-state index in [-0.39, 0.29) is 6.54 Å². The summed E-state index contributed by atoms with van der Waals surface area (Å²) < 4.78 is 10.1. The second kappa shape index (κ2) is 11.2. The maximum absolute atomic E-state index is 12.9. The van der Waals surface area contributed by atoms with Gasteiger partial charge in [0.1, 0.15) is 17.8 Å². The summed E-state index contributed by atoms with van der Waals surface area (Å²) in [4.78, 5) is 64.0. The molecule has 5 amide bonds. The van der Waals surface area contributed by atoms with Crippen molar-refractivity contribution < 1.29 is 33.4 Å². The molecule has 2 N–H and O–H groups in total. The van der Waals surface area contributed by atoms with Crippen molar-refractivity contribution in [1.82, 2.24) is 15.1 Å². The number of hydrogen-bond acceptors (Lipinski definition) is 7. The first-order chi connectivity index (χ1) is 16.7. The number of nitrogens with one attached hydrogen (secondary N) is 2. The molecule has 0 radical (unpaired) electrons. The lowest BCUT2D eigenvalue weighted by atomic mass is 9.75. The van der Waals surface area contributed by atoms with Crippen LogP contribution in [0.4, 0.5) is 10.5 Å². The smallest absolute Gasteiger partial charge is 0.326 e. The summed E-state index contributed by atoms with van der Waals surface area (Å²) in [5.41, 5.74) is -0.439. The first kappa shape index (κ1) is 26.0. The largest absolute Gasteiger partial charge is 0.497 e. The molecular weight excluding hydrogens is 456 g/mol. The zero-order valence-corrected chi connectivity index (χ0v) is 20.3. The number of urea groups is 1. The molecule has 0 unspecified atom stereocenters. The number of rotatable bonds is 9. The summed E-state index contributed by atoms with van der Waals surface area (Å²) in [7, 11) is 2.91. The predicted molar refractivity (Wildman–Crippen MR) is 125 cm³/mol. The maximum Gasteiger partial charge on any atom is 0.326 e. The van der Waals surface area contributed by atoms with E-state index in [0.29, 0.717) is 30.2 Å². The average molecular weight is 489 g/mol. The molecule has 0 bridgehead atoms. The second-order valence-corrected chi connectivity index (χ2v) is 8.95. The van der Waals surface area contributed by atoms with E-state index < -0.39 is 48.4 Å². The van der Waals surface area contributed by atoms with Crippen LogP contribution in [0.15, 0.2) is 24.3 Å². The van der Waals surface area contributed by atoms with Gasteiger partial charge in [0.25, 0.3) is 11.8 Å². The quantitative estimate of drug-likeness (QED) is 0.398. The molecule has 190 valence electrons. The third kappa shape index (κ3) is 6.28. The Labute approximate surface area is 204 Å². The number of methoxy groups -OCH3 is 1. The molecule has 1 aromatic carbocycles. The highest BCUT2D eigenvalue weighted by molar-refractivity contribution is 6.08. The Morgan fingerprint density at radius 3 is 2.60 bits per heavy atom. The van der Waals surface area contributed by atoms with Crippen molar-refractivity contribution in [1.29, 1.82) is 0 Å². The van der Waals surface area contributed by atoms with Crippen LogP contribution in [0.5, 0.6) is 5.75 Å². The van der Waals surface area contributed by atoms with Crippen molar-refractivity contribution in [3.63, 3.8) is 0 Å². The number of likely N-dealkylation sites (N-methyl/N-ethyl adjacent to an activating group) is 1. The van der Waals surface area contributed by atoms with Crippen LogP contribution in [0, 0.1) is 5.92 Å². The molecular formula is C24H32N4O7. The molecule has 2 aliphatic rings. The Bertz CT molecular complexity index is 988. The molecule has 3 rings (SSSR count). The van der Waals surface area contributed by atoms with Crippen molar-refractivity contribution in [2.45, 2.75) is 44.6 Å². The van der Waals surface area contributed by atoms with Crippen molar-refractivity contribution in [3.05, 3.63) is 24.3 Å². The predicted octanol–water partition coefficient (Wildman–Crippen LogP) is 1.53. The third-order valence-electron chi connectivity index (χ3n) is 6.59. The normalized spacial score (nSPS) is 21.5. The minimum atomic E-state index is -0.949. The summed E-state index contributed by atoms with van der Waals surface area (Å²) in [6.45, 7) is 0.652. The van der Waals surface area contributed by atoms with E-state index in [9.17, 15) is 24.0 Å². The number of ether oxygens (including phenoxy) is 2. The molecule has 1 aromatic rings. The highest BCUT2D eigenvalue weighted by atomic mass is 16.5. The van der Waals surface area contributed by atoms with Crippen LogP contribution in [0.25, 0.3) is 0 Å². The molecule has 1 saturated heterocycles. The Morgan fingerprint density at radius 1 is 1.23 bits per heavy atom. The Balaban J connectivity index is 1.44. The zero-order valence-electron chi connectivity index (χ0n) is 20.3. The number of esters is 1. The van der Waals surface area contributed by atoms with E-state index in [1.165, 1.54) is 14.2 Å². The monoisotopic (exact) mass is 488 g/mol. The van der Waals surface area contributed by atoms with E-state index in [1.54, 1.807) is 24.3 Å². The molecule has 1 heterocycles. The lowest BCUT2D eigenvalue weighted by molar-refractivity contribution is -0.153. The Morgan fingerprint density at radius 2 is 1.94 bits per heavy atom. The first-order valence-corrected chi connectivity index (χ1v) is 11.6. The fraction of sp³-hybridized carbons (Fsp3) is 0.542. The summed E-state index contributed by atoms with van der Waals surface area (Å²) in [5.74, 6) is -1.25. The van der Waals surface area contributed by atoms with Crippen LogP contribution in [0.2, 0.25) is 0 Å². The van der Waals surface area contributed by atoms with Gasteiger partial charge in [-0.1, -0.05) is 19.4 Å². The van der Waals surface area contributed by atoms with E-state index >= 15 is 0 Å². The van der Waals surface area contributed by atoms with Gasteiger partial charge in [-0.05, 0) is 43.7 Å². The number of nitrogens with zero attached hydrogens (tertiary/aromatic N) is 2. The summed E-state index contributed by atoms with van der Waals surface area (Å²) in [5, 5.41) is 5.40. The molecule has 1 saturated carbocycles. The van der Waals surface area contributed by atoms with Gasteiger partial charge in [-0.25, -0.2) is 4.79 Å². The molecule has 2 fully saturated rings. The van der Waals surface area contributed by atoms with Crippen molar-refractivity contribution >= 4 is 35.4 Å². The highest BCUT2D eigenvalue weighted by Gasteiger charge is 2.52. The SMILES string of the molecule is CCC1CCC2(CC1)NC(=O)N(CC(=O)OCC(=O)N(C)CC(=O)Nc1cccc(OC)c1)C2=O. The molecule has 35 heavy (non-hydrogen) atoms. The van der Waals surface area contributed by atoms with Crippen LogP contribution in [0.1, 0.15) is 39.0 Å². The van der Waals surface area contributed by atoms with Gasteiger partial charge in [0.2, 0.25) is 5.91 Å². The number of amides is 5. The Hall–Kier alpha value is -3.63. The molecule has 11 heteroatoms. The number of imide groups is 1. The lowest BCUT2D eigenvalue weighted by Gasteiger charge is -2.34. The number of benzene rings is 1. The van der Waals surface area contributed by atoms with E-state index in [4.69, 9.17) is 9.47 Å². The van der Waals surface area contributed by atoms with Crippen LogP contribution in [0.3, 0.4) is 0 Å². The molecule has 0 atom stereocenters. The van der Waals surface area contributed by atoms with Gasteiger partial charge in [-0.3, -0.25) is 24.1 Å². The topological polar surface area (TPSA) is 134 Å².